The quantitative estimate of drug-likeness (QED) is 0.476. The molecule has 73 valence electrons. The smallest absolute Gasteiger partial charge is 0.0598 e. The summed E-state index contributed by atoms with van der Waals surface area (Å²) in [5.41, 5.74) is -0.0171. The maximum absolute atomic E-state index is 5.56. The highest BCUT2D eigenvalue weighted by Gasteiger charge is 2.08. The molecule has 0 N–H and O–H groups in total. The van der Waals surface area contributed by atoms with Crippen LogP contribution in [0.2, 0.25) is 0 Å². The molecular formula is C12H19O. The fourth-order valence-corrected chi connectivity index (χ4v) is 0.825. The molecule has 0 rings (SSSR count). The molecule has 1 nitrogen and oxygen atoms in total. The van der Waals surface area contributed by atoms with E-state index in [-0.39, 0.29) is 5.60 Å². The third-order valence-electron chi connectivity index (χ3n) is 1.42. The lowest BCUT2D eigenvalue weighted by molar-refractivity contribution is -0.00442. The molecule has 0 aromatic carbocycles. The number of hydrogen-bond donors (Lipinski definition) is 0. The van der Waals surface area contributed by atoms with Gasteiger partial charge in [0.15, 0.2) is 0 Å². The second-order valence-corrected chi connectivity index (χ2v) is 3.91. The molecule has 0 amide bonds. The Kier molecular flexibility index (Phi) is 6.36. The summed E-state index contributed by atoms with van der Waals surface area (Å²) in [6.45, 7) is 12.1. The Balaban J connectivity index is 3.22. The van der Waals surface area contributed by atoms with Gasteiger partial charge in [-0.15, -0.1) is 0 Å². The molecule has 0 aliphatic heterocycles. The molecule has 0 aliphatic carbocycles. The highest BCUT2D eigenvalue weighted by molar-refractivity contribution is 5.10. The van der Waals surface area contributed by atoms with Gasteiger partial charge >= 0.3 is 0 Å². The Hall–Kier alpha value is -0.740. The van der Waals surface area contributed by atoms with Gasteiger partial charge in [0.05, 0.1) is 5.60 Å². The zero-order valence-electron chi connectivity index (χ0n) is 8.89. The number of hydrogen-bond acceptors (Lipinski definition) is 1. The average Bonchev–Trinajstić information content (AvgIpc) is 2.01. The van der Waals surface area contributed by atoms with E-state index in [1.165, 1.54) is 6.08 Å². The third-order valence-corrected chi connectivity index (χ3v) is 1.42. The molecule has 0 atom stereocenters. The van der Waals surface area contributed by atoms with E-state index in [4.69, 9.17) is 11.3 Å². The van der Waals surface area contributed by atoms with Crippen LogP contribution in [-0.4, -0.2) is 12.2 Å². The molecule has 0 fully saturated rings. The summed E-state index contributed by atoms with van der Waals surface area (Å²) in [7, 11) is 0. The Labute approximate surface area is 82.2 Å². The van der Waals surface area contributed by atoms with Crippen LogP contribution in [-0.2, 0) is 4.74 Å². The van der Waals surface area contributed by atoms with Crippen molar-refractivity contribution in [1.82, 2.24) is 0 Å². The predicted molar refractivity (Wildman–Crippen MR) is 56.2 cm³/mol. The maximum atomic E-state index is 5.56. The summed E-state index contributed by atoms with van der Waals surface area (Å²) >= 11 is 0. The van der Waals surface area contributed by atoms with Crippen molar-refractivity contribution >= 4 is 0 Å². The molecular weight excluding hydrogens is 160 g/mol. The lowest BCUT2D eigenvalue weighted by Gasteiger charge is -2.19. The van der Waals surface area contributed by atoms with Crippen LogP contribution in [0.3, 0.4) is 0 Å². The molecule has 1 heteroatoms. The Morgan fingerprint density at radius 3 is 2.54 bits per heavy atom. The largest absolute Gasteiger partial charge is 0.376 e. The van der Waals surface area contributed by atoms with Gasteiger partial charge in [0.1, 0.15) is 0 Å². The highest BCUT2D eigenvalue weighted by atomic mass is 16.5. The van der Waals surface area contributed by atoms with Crippen molar-refractivity contribution in [2.45, 2.75) is 45.6 Å². The number of unbranched alkanes of at least 4 members (excludes halogenated alkanes) is 2. The molecule has 0 aromatic rings. The van der Waals surface area contributed by atoms with Gasteiger partial charge in [-0.2, -0.15) is 0 Å². The monoisotopic (exact) mass is 179 g/mol. The lowest BCUT2D eigenvalue weighted by atomic mass is 10.2. The van der Waals surface area contributed by atoms with E-state index in [1.807, 2.05) is 0 Å². The van der Waals surface area contributed by atoms with Gasteiger partial charge in [0, 0.05) is 13.0 Å². The van der Waals surface area contributed by atoms with Crippen LogP contribution in [0.25, 0.3) is 0 Å². The molecule has 0 saturated heterocycles. The summed E-state index contributed by atoms with van der Waals surface area (Å²) in [6, 6.07) is 0. The molecule has 0 saturated carbocycles. The van der Waals surface area contributed by atoms with Crippen molar-refractivity contribution in [3.8, 4) is 11.8 Å². The van der Waals surface area contributed by atoms with Crippen LogP contribution in [0.15, 0.2) is 6.08 Å². The summed E-state index contributed by atoms with van der Waals surface area (Å²) in [5.74, 6) is 5.66. The van der Waals surface area contributed by atoms with Gasteiger partial charge in [-0.25, -0.2) is 0 Å². The molecule has 1 radical (unpaired) electrons. The molecule has 0 aromatic heterocycles. The molecule has 0 heterocycles. The first-order valence-electron chi connectivity index (χ1n) is 4.72. The standard InChI is InChI=1S/C12H19O/c1-5-6-7-8-9-10-11-13-12(2,3)4/h1,5H,8-11H2,2-4H3. The SMILES string of the molecule is [CH]=CC#CCCCCOC(C)(C)C. The molecule has 13 heavy (non-hydrogen) atoms. The van der Waals surface area contributed by atoms with Gasteiger partial charge in [-0.1, -0.05) is 18.4 Å². The summed E-state index contributed by atoms with van der Waals surface area (Å²) in [6.07, 6.45) is 4.43. The fourth-order valence-electron chi connectivity index (χ4n) is 0.825. The van der Waals surface area contributed by atoms with Crippen molar-refractivity contribution in [1.29, 1.82) is 0 Å². The van der Waals surface area contributed by atoms with E-state index in [2.05, 4.69) is 32.6 Å². The second-order valence-electron chi connectivity index (χ2n) is 3.91. The predicted octanol–water partition coefficient (Wildman–Crippen LogP) is 2.96. The Morgan fingerprint density at radius 1 is 1.31 bits per heavy atom. The van der Waals surface area contributed by atoms with E-state index < -0.39 is 0 Å². The number of allylic oxidation sites excluding steroid dienone is 1. The fraction of sp³-hybridized carbons (Fsp3) is 0.667. The first-order chi connectivity index (χ1) is 6.06. The van der Waals surface area contributed by atoms with Crippen molar-refractivity contribution in [2.75, 3.05) is 6.61 Å². The molecule has 0 unspecified atom stereocenters. The van der Waals surface area contributed by atoms with E-state index in [9.17, 15) is 0 Å². The molecule has 0 aliphatic rings. The van der Waals surface area contributed by atoms with Crippen LogP contribution >= 0.6 is 0 Å². The highest BCUT2D eigenvalue weighted by Crippen LogP contribution is 2.07. The minimum absolute atomic E-state index is 0.0171. The van der Waals surface area contributed by atoms with Crippen LogP contribution in [0, 0.1) is 18.4 Å². The number of rotatable bonds is 4. The van der Waals surface area contributed by atoms with Gasteiger partial charge < -0.3 is 4.74 Å². The molecule has 0 bridgehead atoms. The zero-order valence-corrected chi connectivity index (χ0v) is 8.89. The average molecular weight is 179 g/mol. The summed E-state index contributed by atoms with van der Waals surface area (Å²) < 4.78 is 5.56. The van der Waals surface area contributed by atoms with Gasteiger partial charge in [0.25, 0.3) is 0 Å². The topological polar surface area (TPSA) is 9.23 Å². The minimum Gasteiger partial charge on any atom is -0.376 e. The van der Waals surface area contributed by atoms with Gasteiger partial charge in [-0.05, 0) is 39.7 Å². The van der Waals surface area contributed by atoms with Crippen LogP contribution < -0.4 is 0 Å². The first kappa shape index (κ1) is 12.3. The van der Waals surface area contributed by atoms with Crippen molar-refractivity contribution in [3.63, 3.8) is 0 Å². The zero-order chi connectivity index (χ0) is 10.2. The van der Waals surface area contributed by atoms with E-state index in [0.29, 0.717) is 0 Å². The van der Waals surface area contributed by atoms with Crippen LogP contribution in [0.4, 0.5) is 0 Å². The van der Waals surface area contributed by atoms with Crippen molar-refractivity contribution in [2.24, 2.45) is 0 Å². The van der Waals surface area contributed by atoms with Gasteiger partial charge in [-0.3, -0.25) is 0 Å². The normalized spacial score (nSPS) is 10.4. The minimum atomic E-state index is -0.0171. The third kappa shape index (κ3) is 11.3. The van der Waals surface area contributed by atoms with E-state index in [1.54, 1.807) is 0 Å². The van der Waals surface area contributed by atoms with Crippen LogP contribution in [0.5, 0.6) is 0 Å². The summed E-state index contributed by atoms with van der Waals surface area (Å²) in [4.78, 5) is 0. The van der Waals surface area contributed by atoms with Crippen LogP contribution in [0.1, 0.15) is 40.0 Å². The second kappa shape index (κ2) is 6.74. The van der Waals surface area contributed by atoms with Gasteiger partial charge in [0.2, 0.25) is 0 Å². The first-order valence-corrected chi connectivity index (χ1v) is 4.72. The van der Waals surface area contributed by atoms with Crippen molar-refractivity contribution in [3.05, 3.63) is 12.7 Å². The summed E-state index contributed by atoms with van der Waals surface area (Å²) in [5, 5.41) is 0. The lowest BCUT2D eigenvalue weighted by Crippen LogP contribution is -2.19. The van der Waals surface area contributed by atoms with Crippen molar-refractivity contribution < 1.29 is 4.74 Å². The number of ether oxygens (including phenoxy) is 1. The molecule has 0 spiro atoms. The Morgan fingerprint density at radius 2 is 2.00 bits per heavy atom. The van der Waals surface area contributed by atoms with E-state index in [0.717, 1.165) is 25.9 Å². The van der Waals surface area contributed by atoms with E-state index >= 15 is 0 Å². The maximum Gasteiger partial charge on any atom is 0.0598 e. The Bertz CT molecular complexity index is 187.